The van der Waals surface area contributed by atoms with E-state index in [1.54, 1.807) is 0 Å². The summed E-state index contributed by atoms with van der Waals surface area (Å²) in [7, 11) is 0. The first-order valence-electron chi connectivity index (χ1n) is 5.55. The average Bonchev–Trinajstić information content (AvgIpc) is 2.33. The van der Waals surface area contributed by atoms with Crippen LogP contribution in [0.15, 0.2) is 52.3 Å². The Labute approximate surface area is 109 Å². The van der Waals surface area contributed by atoms with Gasteiger partial charge in [-0.05, 0) is 30.7 Å². The molecule has 4 heteroatoms. The van der Waals surface area contributed by atoms with Gasteiger partial charge in [-0.15, -0.1) is 0 Å². The lowest BCUT2D eigenvalue weighted by molar-refractivity contribution is 0.565. The third-order valence-corrected chi connectivity index (χ3v) is 3.67. The molecule has 2 rings (SSSR count). The molecule has 0 fully saturated rings. The normalized spacial score (nSPS) is 12.4. The van der Waals surface area contributed by atoms with Gasteiger partial charge in [-0.1, -0.05) is 30.0 Å². The van der Waals surface area contributed by atoms with E-state index in [0.29, 0.717) is 4.90 Å². The van der Waals surface area contributed by atoms with Crippen LogP contribution in [0.1, 0.15) is 18.5 Å². The Balaban J connectivity index is 2.34. The molecule has 0 amide bonds. The minimum atomic E-state index is -0.572. The second-order valence-electron chi connectivity index (χ2n) is 4.00. The summed E-state index contributed by atoms with van der Waals surface area (Å²) in [5, 5.41) is 0. The first kappa shape index (κ1) is 13.1. The maximum absolute atomic E-state index is 13.6. The van der Waals surface area contributed by atoms with Gasteiger partial charge in [0.2, 0.25) is 0 Å². The van der Waals surface area contributed by atoms with Crippen LogP contribution in [-0.4, -0.2) is 0 Å². The van der Waals surface area contributed by atoms with Crippen LogP contribution in [0.4, 0.5) is 8.78 Å². The zero-order valence-corrected chi connectivity index (χ0v) is 10.7. The standard InChI is InChI=1S/C14H13F2NS/c1-9(17)11-4-2-3-5-13(11)18-14-7-6-10(15)8-12(14)16/h2-9H,17H2,1H3/t9-/m1/s1. The van der Waals surface area contributed by atoms with Crippen molar-refractivity contribution >= 4 is 11.8 Å². The maximum atomic E-state index is 13.6. The topological polar surface area (TPSA) is 26.0 Å². The van der Waals surface area contributed by atoms with Crippen LogP contribution in [0, 0.1) is 11.6 Å². The Morgan fingerprint density at radius 2 is 1.78 bits per heavy atom. The molecule has 0 radical (unpaired) electrons. The lowest BCUT2D eigenvalue weighted by atomic mass is 10.1. The Bertz CT molecular complexity index is 555. The second kappa shape index (κ2) is 5.50. The van der Waals surface area contributed by atoms with Gasteiger partial charge in [0.1, 0.15) is 11.6 Å². The van der Waals surface area contributed by atoms with E-state index in [1.807, 2.05) is 31.2 Å². The Hall–Kier alpha value is -1.39. The van der Waals surface area contributed by atoms with Crippen LogP contribution in [0.25, 0.3) is 0 Å². The van der Waals surface area contributed by atoms with Crippen LogP contribution in [-0.2, 0) is 0 Å². The highest BCUT2D eigenvalue weighted by atomic mass is 32.2. The predicted octanol–water partition coefficient (Wildman–Crippen LogP) is 4.14. The molecule has 18 heavy (non-hydrogen) atoms. The van der Waals surface area contributed by atoms with E-state index in [0.717, 1.165) is 16.5 Å². The molecule has 0 bridgehead atoms. The van der Waals surface area contributed by atoms with Crippen molar-refractivity contribution in [1.29, 1.82) is 0 Å². The highest BCUT2D eigenvalue weighted by Crippen LogP contribution is 2.34. The van der Waals surface area contributed by atoms with E-state index < -0.39 is 11.6 Å². The van der Waals surface area contributed by atoms with Crippen molar-refractivity contribution in [2.24, 2.45) is 5.73 Å². The van der Waals surface area contributed by atoms with Gasteiger partial charge in [-0.3, -0.25) is 0 Å². The van der Waals surface area contributed by atoms with Crippen molar-refractivity contribution in [2.45, 2.75) is 22.8 Å². The minimum absolute atomic E-state index is 0.128. The molecule has 94 valence electrons. The molecule has 2 aromatic carbocycles. The van der Waals surface area contributed by atoms with Crippen molar-refractivity contribution < 1.29 is 8.78 Å². The number of benzene rings is 2. The molecule has 2 aromatic rings. The number of nitrogens with two attached hydrogens (primary N) is 1. The van der Waals surface area contributed by atoms with E-state index in [1.165, 1.54) is 23.9 Å². The van der Waals surface area contributed by atoms with Crippen LogP contribution in [0.5, 0.6) is 0 Å². The van der Waals surface area contributed by atoms with Gasteiger partial charge < -0.3 is 5.73 Å². The summed E-state index contributed by atoms with van der Waals surface area (Å²) >= 11 is 1.26. The number of hydrogen-bond acceptors (Lipinski definition) is 2. The van der Waals surface area contributed by atoms with Crippen LogP contribution in [0.2, 0.25) is 0 Å². The van der Waals surface area contributed by atoms with Crippen molar-refractivity contribution in [1.82, 2.24) is 0 Å². The second-order valence-corrected chi connectivity index (χ2v) is 5.09. The van der Waals surface area contributed by atoms with Gasteiger partial charge in [-0.25, -0.2) is 8.78 Å². The lowest BCUT2D eigenvalue weighted by Crippen LogP contribution is -2.06. The fourth-order valence-electron chi connectivity index (χ4n) is 1.63. The molecule has 0 unspecified atom stereocenters. The zero-order chi connectivity index (χ0) is 13.1. The molecule has 0 heterocycles. The summed E-state index contributed by atoms with van der Waals surface area (Å²) in [6.45, 7) is 1.88. The monoisotopic (exact) mass is 265 g/mol. The van der Waals surface area contributed by atoms with Crippen molar-refractivity contribution in [3.05, 3.63) is 59.7 Å². The van der Waals surface area contributed by atoms with E-state index >= 15 is 0 Å². The summed E-state index contributed by atoms with van der Waals surface area (Å²) in [5.41, 5.74) is 6.81. The van der Waals surface area contributed by atoms with Crippen LogP contribution >= 0.6 is 11.8 Å². The fraction of sp³-hybridized carbons (Fsp3) is 0.143. The lowest BCUT2D eigenvalue weighted by Gasteiger charge is -2.12. The SMILES string of the molecule is C[C@@H](N)c1ccccc1Sc1ccc(F)cc1F. The molecule has 0 aliphatic rings. The first-order valence-corrected chi connectivity index (χ1v) is 6.37. The molecule has 0 aliphatic heterocycles. The molecule has 0 aliphatic carbocycles. The van der Waals surface area contributed by atoms with Crippen LogP contribution < -0.4 is 5.73 Å². The summed E-state index contributed by atoms with van der Waals surface area (Å²) in [6.07, 6.45) is 0. The first-order chi connectivity index (χ1) is 8.58. The molecule has 0 saturated heterocycles. The smallest absolute Gasteiger partial charge is 0.140 e. The van der Waals surface area contributed by atoms with Crippen molar-refractivity contribution in [3.8, 4) is 0 Å². The molecule has 0 saturated carbocycles. The maximum Gasteiger partial charge on any atom is 0.140 e. The Morgan fingerprint density at radius 1 is 1.06 bits per heavy atom. The van der Waals surface area contributed by atoms with Crippen molar-refractivity contribution in [3.63, 3.8) is 0 Å². The van der Waals surface area contributed by atoms with Gasteiger partial charge >= 0.3 is 0 Å². The van der Waals surface area contributed by atoms with Gasteiger partial charge in [0, 0.05) is 21.9 Å². The van der Waals surface area contributed by atoms with E-state index in [9.17, 15) is 8.78 Å². The van der Waals surface area contributed by atoms with Gasteiger partial charge in [0.25, 0.3) is 0 Å². The summed E-state index contributed by atoms with van der Waals surface area (Å²) in [6, 6.07) is 11.0. The Kier molecular flexibility index (Phi) is 3.99. The number of rotatable bonds is 3. The summed E-state index contributed by atoms with van der Waals surface area (Å²) in [4.78, 5) is 1.28. The molecule has 0 spiro atoms. The molecule has 2 N–H and O–H groups in total. The van der Waals surface area contributed by atoms with E-state index in [-0.39, 0.29) is 6.04 Å². The fourth-order valence-corrected chi connectivity index (χ4v) is 2.67. The van der Waals surface area contributed by atoms with Crippen molar-refractivity contribution in [2.75, 3.05) is 0 Å². The van der Waals surface area contributed by atoms with Crippen LogP contribution in [0.3, 0.4) is 0 Å². The van der Waals surface area contributed by atoms with E-state index in [2.05, 4.69) is 0 Å². The predicted molar refractivity (Wildman–Crippen MR) is 69.5 cm³/mol. The largest absolute Gasteiger partial charge is 0.324 e. The molecular weight excluding hydrogens is 252 g/mol. The third kappa shape index (κ3) is 2.89. The number of halogens is 2. The third-order valence-electron chi connectivity index (χ3n) is 2.52. The van der Waals surface area contributed by atoms with Gasteiger partial charge in [0.15, 0.2) is 0 Å². The molecule has 1 nitrogen and oxygen atoms in total. The Morgan fingerprint density at radius 3 is 2.44 bits per heavy atom. The quantitative estimate of drug-likeness (QED) is 0.902. The zero-order valence-electron chi connectivity index (χ0n) is 9.86. The van der Waals surface area contributed by atoms with E-state index in [4.69, 9.17) is 5.73 Å². The highest BCUT2D eigenvalue weighted by molar-refractivity contribution is 7.99. The average molecular weight is 265 g/mol. The molecular formula is C14H13F2NS. The molecule has 1 atom stereocenters. The van der Waals surface area contributed by atoms with Gasteiger partial charge in [-0.2, -0.15) is 0 Å². The van der Waals surface area contributed by atoms with Gasteiger partial charge in [0.05, 0.1) is 0 Å². The summed E-state index contributed by atoms with van der Waals surface area (Å²) in [5.74, 6) is -1.13. The number of hydrogen-bond donors (Lipinski definition) is 1. The minimum Gasteiger partial charge on any atom is -0.324 e. The molecule has 0 aromatic heterocycles. The highest BCUT2D eigenvalue weighted by Gasteiger charge is 2.10. The summed E-state index contributed by atoms with van der Waals surface area (Å²) < 4.78 is 26.4.